The molecule has 3 nitrogen and oxygen atoms in total. The highest BCUT2D eigenvalue weighted by molar-refractivity contribution is 9.10. The van der Waals surface area contributed by atoms with Crippen LogP contribution in [0.2, 0.25) is 0 Å². The summed E-state index contributed by atoms with van der Waals surface area (Å²) in [6.07, 6.45) is 0. The molecule has 0 aliphatic heterocycles. The number of hydrogen-bond acceptors (Lipinski definition) is 2. The second-order valence-electron chi connectivity index (χ2n) is 4.71. The average molecular weight is 391 g/mol. The third-order valence-electron chi connectivity index (χ3n) is 2.67. The van der Waals surface area contributed by atoms with Crippen LogP contribution in [0.5, 0.6) is 0 Å². The van der Waals surface area contributed by atoms with Gasteiger partial charge in [-0.2, -0.15) is 0 Å². The second kappa shape index (κ2) is 6.13. The lowest BCUT2D eigenvalue weighted by Gasteiger charge is -2.12. The van der Waals surface area contributed by atoms with Gasteiger partial charge in [0.1, 0.15) is 11.6 Å². The number of halogens is 3. The Kier molecular flexibility index (Phi) is 4.73. The van der Waals surface area contributed by atoms with Gasteiger partial charge in [0, 0.05) is 12.1 Å². The molecule has 0 saturated heterocycles. The van der Waals surface area contributed by atoms with E-state index < -0.39 is 0 Å². The van der Waals surface area contributed by atoms with Crippen molar-refractivity contribution in [3.8, 4) is 11.4 Å². The van der Waals surface area contributed by atoms with Gasteiger partial charge in [-0.05, 0) is 40.0 Å². The molecule has 2 rings (SSSR count). The predicted octanol–water partition coefficient (Wildman–Crippen LogP) is 4.40. The summed E-state index contributed by atoms with van der Waals surface area (Å²) in [7, 11) is 0. The molecule has 1 heterocycles. The fourth-order valence-corrected chi connectivity index (χ4v) is 2.50. The molecule has 0 amide bonds. The summed E-state index contributed by atoms with van der Waals surface area (Å²) in [6, 6.07) is 5.00. The van der Waals surface area contributed by atoms with E-state index >= 15 is 0 Å². The van der Waals surface area contributed by atoms with Crippen LogP contribution in [0.1, 0.15) is 19.7 Å². The number of alkyl halides is 1. The molecule has 2 aromatic rings. The van der Waals surface area contributed by atoms with Crippen molar-refractivity contribution in [1.82, 2.24) is 14.8 Å². The Hall–Kier alpha value is -0.750. The van der Waals surface area contributed by atoms with E-state index in [1.54, 1.807) is 6.07 Å². The summed E-state index contributed by atoms with van der Waals surface area (Å²) in [5.41, 5.74) is 0.737. The van der Waals surface area contributed by atoms with Gasteiger partial charge < -0.3 is 4.57 Å². The van der Waals surface area contributed by atoms with Crippen LogP contribution in [0.15, 0.2) is 22.7 Å². The molecule has 0 fully saturated rings. The first-order valence-electron chi connectivity index (χ1n) is 5.96. The summed E-state index contributed by atoms with van der Waals surface area (Å²) >= 11 is 6.56. The molecule has 0 unspecified atom stereocenters. The summed E-state index contributed by atoms with van der Waals surface area (Å²) in [6.45, 7) is 5.06. The maximum absolute atomic E-state index is 13.6. The van der Waals surface area contributed by atoms with Crippen LogP contribution in [0.4, 0.5) is 4.39 Å². The minimum Gasteiger partial charge on any atom is -0.310 e. The van der Waals surface area contributed by atoms with Crippen molar-refractivity contribution in [3.63, 3.8) is 0 Å². The number of rotatable bonds is 4. The zero-order valence-electron chi connectivity index (χ0n) is 10.7. The van der Waals surface area contributed by atoms with Gasteiger partial charge in [-0.3, -0.25) is 0 Å². The summed E-state index contributed by atoms with van der Waals surface area (Å²) in [5.74, 6) is 1.73. The normalized spacial score (nSPS) is 11.3. The van der Waals surface area contributed by atoms with Gasteiger partial charge in [-0.25, -0.2) is 4.39 Å². The predicted molar refractivity (Wildman–Crippen MR) is 80.6 cm³/mol. The highest BCUT2D eigenvalue weighted by Gasteiger charge is 2.15. The molecule has 1 aromatic carbocycles. The SMILES string of the molecule is CC(C)Cn1c(CBr)nnc1-c1ccc(Br)c(F)c1. The van der Waals surface area contributed by atoms with Crippen LogP contribution in [0, 0.1) is 11.7 Å². The van der Waals surface area contributed by atoms with Crippen molar-refractivity contribution in [2.45, 2.75) is 25.7 Å². The zero-order valence-corrected chi connectivity index (χ0v) is 13.9. The van der Waals surface area contributed by atoms with Gasteiger partial charge in [0.05, 0.1) is 9.80 Å². The van der Waals surface area contributed by atoms with Gasteiger partial charge in [0.25, 0.3) is 0 Å². The Labute approximate surface area is 128 Å². The topological polar surface area (TPSA) is 30.7 Å². The second-order valence-corrected chi connectivity index (χ2v) is 6.12. The van der Waals surface area contributed by atoms with Crippen molar-refractivity contribution < 1.29 is 4.39 Å². The Morgan fingerprint density at radius 3 is 2.63 bits per heavy atom. The quantitative estimate of drug-likeness (QED) is 0.724. The maximum atomic E-state index is 13.6. The average Bonchev–Trinajstić information content (AvgIpc) is 2.75. The fraction of sp³-hybridized carbons (Fsp3) is 0.385. The van der Waals surface area contributed by atoms with Gasteiger partial charge >= 0.3 is 0 Å². The molecule has 0 bridgehead atoms. The number of nitrogens with zero attached hydrogens (tertiary/aromatic N) is 3. The fourth-order valence-electron chi connectivity index (χ4n) is 1.84. The van der Waals surface area contributed by atoms with Gasteiger partial charge in [-0.15, -0.1) is 10.2 Å². The van der Waals surface area contributed by atoms with Crippen molar-refractivity contribution in [2.24, 2.45) is 5.92 Å². The van der Waals surface area contributed by atoms with Crippen LogP contribution in [0.3, 0.4) is 0 Å². The molecule has 102 valence electrons. The van der Waals surface area contributed by atoms with Crippen LogP contribution >= 0.6 is 31.9 Å². The van der Waals surface area contributed by atoms with Gasteiger partial charge in [0.15, 0.2) is 5.82 Å². The van der Waals surface area contributed by atoms with Gasteiger partial charge in [0.2, 0.25) is 0 Å². The summed E-state index contributed by atoms with van der Waals surface area (Å²) in [5, 5.41) is 8.96. The van der Waals surface area contributed by atoms with E-state index in [9.17, 15) is 4.39 Å². The Morgan fingerprint density at radius 2 is 2.05 bits per heavy atom. The standard InChI is InChI=1S/C13H14Br2FN3/c1-8(2)7-19-12(6-14)17-18-13(19)9-3-4-10(15)11(16)5-9/h3-5,8H,6-7H2,1-2H3. The maximum Gasteiger partial charge on any atom is 0.164 e. The number of benzene rings is 1. The minimum absolute atomic E-state index is 0.294. The summed E-state index contributed by atoms with van der Waals surface area (Å²) < 4.78 is 16.1. The molecule has 0 N–H and O–H groups in total. The molecular weight excluding hydrogens is 377 g/mol. The third kappa shape index (κ3) is 3.23. The molecule has 0 atom stereocenters. The smallest absolute Gasteiger partial charge is 0.164 e. The van der Waals surface area contributed by atoms with Crippen molar-refractivity contribution in [1.29, 1.82) is 0 Å². The van der Waals surface area contributed by atoms with Crippen LogP contribution in [0.25, 0.3) is 11.4 Å². The number of hydrogen-bond donors (Lipinski definition) is 0. The third-order valence-corrected chi connectivity index (χ3v) is 3.82. The van der Waals surface area contributed by atoms with E-state index in [0.717, 1.165) is 17.9 Å². The molecule has 0 aliphatic carbocycles. The summed E-state index contributed by atoms with van der Waals surface area (Å²) in [4.78, 5) is 0. The Balaban J connectivity index is 2.48. The highest BCUT2D eigenvalue weighted by atomic mass is 79.9. The van der Waals surface area contributed by atoms with E-state index in [2.05, 4.69) is 55.9 Å². The monoisotopic (exact) mass is 389 g/mol. The van der Waals surface area contributed by atoms with E-state index in [-0.39, 0.29) is 5.82 Å². The first kappa shape index (κ1) is 14.7. The lowest BCUT2D eigenvalue weighted by Crippen LogP contribution is -2.09. The van der Waals surface area contributed by atoms with Crippen molar-refractivity contribution in [3.05, 3.63) is 34.3 Å². The number of aromatic nitrogens is 3. The molecular formula is C13H14Br2FN3. The molecule has 0 spiro atoms. The van der Waals surface area contributed by atoms with E-state index in [0.29, 0.717) is 21.5 Å². The minimum atomic E-state index is -0.294. The van der Waals surface area contributed by atoms with Crippen LogP contribution < -0.4 is 0 Å². The van der Waals surface area contributed by atoms with Crippen molar-refractivity contribution in [2.75, 3.05) is 0 Å². The van der Waals surface area contributed by atoms with E-state index in [1.165, 1.54) is 6.07 Å². The zero-order chi connectivity index (χ0) is 14.0. The van der Waals surface area contributed by atoms with Crippen LogP contribution in [-0.4, -0.2) is 14.8 Å². The lowest BCUT2D eigenvalue weighted by molar-refractivity contribution is 0.516. The molecule has 0 aliphatic rings. The first-order chi connectivity index (χ1) is 9.02. The van der Waals surface area contributed by atoms with Crippen molar-refractivity contribution >= 4 is 31.9 Å². The molecule has 1 aromatic heterocycles. The van der Waals surface area contributed by atoms with Crippen LogP contribution in [-0.2, 0) is 11.9 Å². The van der Waals surface area contributed by atoms with E-state index in [1.807, 2.05) is 10.6 Å². The Morgan fingerprint density at radius 1 is 1.32 bits per heavy atom. The molecule has 0 radical (unpaired) electrons. The molecule has 6 heteroatoms. The molecule has 19 heavy (non-hydrogen) atoms. The molecule has 0 saturated carbocycles. The first-order valence-corrected chi connectivity index (χ1v) is 7.87. The van der Waals surface area contributed by atoms with Gasteiger partial charge in [-0.1, -0.05) is 29.8 Å². The lowest BCUT2D eigenvalue weighted by atomic mass is 10.2. The largest absolute Gasteiger partial charge is 0.310 e. The van der Waals surface area contributed by atoms with E-state index in [4.69, 9.17) is 0 Å². The highest BCUT2D eigenvalue weighted by Crippen LogP contribution is 2.25. The Bertz CT molecular complexity index is 581.